The molecule has 8 heterocycles. The third-order valence-electron chi connectivity index (χ3n) is 26.4. The summed E-state index contributed by atoms with van der Waals surface area (Å²) in [7, 11) is 3.31. The Morgan fingerprint density at radius 1 is 0.378 bits per heavy atom. The largest absolute Gasteiger partial charge is 1.00 e. The Bertz CT molecular complexity index is 4590. The van der Waals surface area contributed by atoms with Crippen molar-refractivity contribution in [3.05, 3.63) is 35.4 Å². The second kappa shape index (κ2) is 74.7. The average Bonchev–Trinajstić information content (AvgIpc) is 0.816. The van der Waals surface area contributed by atoms with Crippen molar-refractivity contribution in [2.45, 2.75) is 318 Å². The number of aliphatic carboxylic acids is 1. The fourth-order valence-electron chi connectivity index (χ4n) is 17.3. The third-order valence-corrected chi connectivity index (χ3v) is 26.4. The molecule has 148 heavy (non-hydrogen) atoms. The number of rotatable bonds is 62. The summed E-state index contributed by atoms with van der Waals surface area (Å²) in [6, 6.07) is 6.78. The summed E-state index contributed by atoms with van der Waals surface area (Å²) in [5, 5.41) is 32.4. The number of likely N-dealkylation sites (N-methyl/N-ethyl adjacent to an activating group) is 2. The number of nitrogens with zero attached hydrogens (tertiary/aromatic N) is 12. The molecule has 808 valence electrons. The summed E-state index contributed by atoms with van der Waals surface area (Å²) < 4.78 is 36.9. The Balaban J connectivity index is 0.000000367. The Morgan fingerprint density at radius 2 is 0.615 bits per heavy atom. The van der Waals surface area contributed by atoms with E-state index in [1.807, 2.05) is 0 Å². The van der Waals surface area contributed by atoms with Gasteiger partial charge in [0.1, 0.15) is 11.6 Å². The number of hydrogen-bond acceptors (Lipinski definition) is 34. The number of nitrogens with one attached hydrogen (secondary N) is 5. The van der Waals surface area contributed by atoms with E-state index < -0.39 is 18.1 Å². The molecule has 6 saturated heterocycles. The SMILES string of the molecule is C#CCCCCOc1cc(C(=O)NCCCCCCC(=O)[C@H](CC(=O)NC2CCN(c3nc(N4CCC(N)CC4)nc(N4CCC(N)CC4)n3)CC2)NC)cc(OCCCCC#C)c1OCCCCC#C.C#CCCCCOc1cc(C(=O)NCCCCCCC(=O)[C@H](CC(=O)O)NC)cc(OCCCCC#C)c1OCCCCC#C.NC1CCN(c2nc(N3CCC(N)CC3)nc(N3CCC(N)CC3)n2)CC1.O=CO[O-].[Na+]. The molecule has 0 radical (unpaired) electrons. The zero-order valence-electron chi connectivity index (χ0n) is 88.1. The molecule has 10 rings (SSSR count). The number of piperidine rings is 6. The van der Waals surface area contributed by atoms with Crippen LogP contribution in [0.25, 0.3) is 0 Å². The number of unbranched alkanes of at least 4 members (excludes halogenated alkanes) is 18. The van der Waals surface area contributed by atoms with E-state index in [9.17, 15) is 28.8 Å². The number of Topliss-reactive ketones (excluding diaryl/α,β-unsaturated/α-hetero) is 2. The van der Waals surface area contributed by atoms with Crippen LogP contribution in [0.15, 0.2) is 24.3 Å². The molecule has 0 unspecified atom stereocenters. The van der Waals surface area contributed by atoms with E-state index in [1.165, 1.54) is 0 Å². The second-order valence-electron chi connectivity index (χ2n) is 38.0. The number of benzene rings is 2. The van der Waals surface area contributed by atoms with Crippen molar-refractivity contribution in [2.24, 2.45) is 28.7 Å². The summed E-state index contributed by atoms with van der Waals surface area (Å²) >= 11 is 0. The standard InChI is InChI=1S/C54H81N11O6.C36H50N2O7.C18H33N9.CH2O3.Na/c1-5-8-11-18-35-69-47-38-41(39-48(70-36-19-12-9-6-2)50(47)71-37-20-13-10-7-3)51(68)58-28-17-15-14-16-21-46(66)45(57-4)40-49(67)59-44-26-33-65(34-27-44)54-61-52(63-29-22-42(55)23-30-63)60-53(62-54)64-31-24-43(56)25-32-64;1-5-8-11-18-23-43-32-26-29(27-33(44-24-19-12-9-6-2)35(32)45-25-20-13-10-7-3)36(42)38-22-17-15-14-16-21-31(39)30(37-4)28-34(40)41;19-13-1-7-25(8-2-13)16-22-17(26-9-3-14(20)4-10-26)24-18(23-16)27-11-5-15(21)6-12-27;2-1-4-3;/h1-3,38-39,42-45,57H,8-37,40,55-56H2,4H3,(H,58,68)(H,59,67);1-3,26-27,30,37H,8-25,28H2,4H3,(H,38,42)(H,40,41);13-15H,1-12,19-21H2;1,3H;/q;;;;+1/p-1/t45-;30-;;;/m00.../s1. The summed E-state index contributed by atoms with van der Waals surface area (Å²) in [6.45, 7) is 13.3. The summed E-state index contributed by atoms with van der Waals surface area (Å²) in [4.78, 5) is 130. The molecule has 3 amide bonds. The first kappa shape index (κ1) is 125. The Kier molecular flexibility index (Phi) is 63.3. The summed E-state index contributed by atoms with van der Waals surface area (Å²) in [5.41, 5.74) is 31.4. The minimum Gasteiger partial charge on any atom is -0.662 e. The van der Waals surface area contributed by atoms with Gasteiger partial charge in [0.2, 0.25) is 53.1 Å². The van der Waals surface area contributed by atoms with Gasteiger partial charge in [0.15, 0.2) is 23.0 Å². The number of carbonyl (C=O) groups is 7. The first-order valence-electron chi connectivity index (χ1n) is 53.2. The number of amides is 3. The van der Waals surface area contributed by atoms with Gasteiger partial charge in [-0.15, -0.1) is 74.1 Å². The van der Waals surface area contributed by atoms with E-state index in [0.29, 0.717) is 193 Å². The molecule has 2 atom stereocenters. The van der Waals surface area contributed by atoms with Crippen LogP contribution >= 0.6 is 0 Å². The monoisotopic (exact) mass is 2060 g/mol. The maximum atomic E-state index is 13.5. The van der Waals surface area contributed by atoms with Crippen molar-refractivity contribution >= 4 is 77.4 Å². The Hall–Kier alpha value is -11.2. The zero-order chi connectivity index (χ0) is 106. The van der Waals surface area contributed by atoms with Gasteiger partial charge in [-0.2, -0.15) is 29.9 Å². The molecule has 0 saturated carbocycles. The third kappa shape index (κ3) is 48.2. The molecule has 2 aromatic heterocycles. The number of carboxylic acid groups (broad SMARTS) is 1. The van der Waals surface area contributed by atoms with Crippen molar-refractivity contribution in [3.63, 3.8) is 0 Å². The first-order valence-corrected chi connectivity index (χ1v) is 53.2. The van der Waals surface area contributed by atoms with Crippen LogP contribution in [0.1, 0.15) is 290 Å². The molecule has 0 aliphatic carbocycles. The predicted octanol–water partition coefficient (Wildman–Crippen LogP) is 5.92. The van der Waals surface area contributed by atoms with Crippen LogP contribution in [-0.4, -0.2) is 270 Å². The van der Waals surface area contributed by atoms with Gasteiger partial charge in [0.05, 0.1) is 58.1 Å². The number of carbonyl (C=O) groups excluding carboxylic acids is 6. The van der Waals surface area contributed by atoms with Crippen LogP contribution in [0.4, 0.5) is 35.7 Å². The van der Waals surface area contributed by atoms with Gasteiger partial charge < -0.3 is 128 Å². The molecule has 0 spiro atoms. The topological polar surface area (TPSA) is 514 Å². The van der Waals surface area contributed by atoms with E-state index >= 15 is 0 Å². The fraction of sp³-hybridized carbons (Fsp3) is 0.661. The van der Waals surface area contributed by atoms with Gasteiger partial charge in [-0.1, -0.05) is 25.7 Å². The van der Waals surface area contributed by atoms with Crippen LogP contribution in [-0.2, 0) is 28.9 Å². The van der Waals surface area contributed by atoms with E-state index in [-0.39, 0.29) is 114 Å². The van der Waals surface area contributed by atoms with E-state index in [4.69, 9.17) is 141 Å². The van der Waals surface area contributed by atoms with Crippen LogP contribution in [0.2, 0.25) is 0 Å². The molecule has 39 heteroatoms. The van der Waals surface area contributed by atoms with Crippen molar-refractivity contribution in [1.29, 1.82) is 0 Å². The van der Waals surface area contributed by atoms with Crippen molar-refractivity contribution < 1.29 is 107 Å². The quantitative estimate of drug-likeness (QED) is 0.00609. The van der Waals surface area contributed by atoms with Gasteiger partial charge in [-0.25, -0.2) is 0 Å². The molecule has 6 aliphatic rings. The van der Waals surface area contributed by atoms with Crippen LogP contribution < -0.4 is 148 Å². The molecule has 4 aromatic rings. The van der Waals surface area contributed by atoms with E-state index in [1.54, 1.807) is 38.4 Å². The zero-order valence-corrected chi connectivity index (χ0v) is 90.1. The minimum absolute atomic E-state index is 0. The molecule has 16 N–H and O–H groups in total. The van der Waals surface area contributed by atoms with Crippen molar-refractivity contribution in [1.82, 2.24) is 56.5 Å². The van der Waals surface area contributed by atoms with E-state index in [2.05, 4.69) is 96.4 Å². The molecule has 0 bridgehead atoms. The number of terminal acetylenes is 6. The van der Waals surface area contributed by atoms with Crippen molar-refractivity contribution in [3.8, 4) is 109 Å². The van der Waals surface area contributed by atoms with Gasteiger partial charge in [0, 0.05) is 197 Å². The Labute approximate surface area is 900 Å². The number of hydrogen-bond donors (Lipinski definition) is 11. The minimum atomic E-state index is -1.01. The molecule has 38 nitrogen and oxygen atoms in total. The number of aromatic nitrogens is 6. The maximum absolute atomic E-state index is 13.5. The van der Waals surface area contributed by atoms with Gasteiger partial charge in [-0.05, 0) is 218 Å². The van der Waals surface area contributed by atoms with Crippen molar-refractivity contribution in [2.75, 3.05) is 175 Å². The van der Waals surface area contributed by atoms with E-state index in [0.717, 1.165) is 276 Å². The molecular weight excluding hydrogens is 1900 g/mol. The number of anilines is 6. The molecule has 6 aliphatic heterocycles. The van der Waals surface area contributed by atoms with Gasteiger partial charge in [-0.3, -0.25) is 33.6 Å². The van der Waals surface area contributed by atoms with Gasteiger partial charge >= 0.3 is 35.5 Å². The van der Waals surface area contributed by atoms with Crippen LogP contribution in [0, 0.1) is 74.1 Å². The fourth-order valence-corrected chi connectivity index (χ4v) is 17.3. The number of ketones is 2. The number of ether oxygens (including phenoxy) is 6. The second-order valence-corrected chi connectivity index (χ2v) is 38.0. The summed E-state index contributed by atoms with van der Waals surface area (Å²) in [6.07, 6.45) is 63.5. The average molecular weight is 2060 g/mol. The Morgan fingerprint density at radius 3 is 0.851 bits per heavy atom. The smallest absolute Gasteiger partial charge is 0.662 e. The van der Waals surface area contributed by atoms with Crippen LogP contribution in [0.3, 0.4) is 0 Å². The molecular formula is C109H165N22NaO16. The maximum Gasteiger partial charge on any atom is 1.00 e. The van der Waals surface area contributed by atoms with Gasteiger partial charge in [0.25, 0.3) is 18.3 Å². The molecule has 2 aromatic carbocycles. The van der Waals surface area contributed by atoms with Crippen LogP contribution in [0.5, 0.6) is 34.5 Å². The first-order chi connectivity index (χ1) is 71.5. The summed E-state index contributed by atoms with van der Waals surface area (Å²) in [5.74, 6) is 21.2. The predicted molar refractivity (Wildman–Crippen MR) is 573 cm³/mol. The molecule has 6 fully saturated rings. The normalized spacial score (nSPS) is 15.6. The number of carboxylic acids is 1. The number of nitrogens with two attached hydrogens (primary N) is 5.